The largest absolute Gasteiger partial charge is 0.494 e. The predicted molar refractivity (Wildman–Crippen MR) is 123 cm³/mol. The Labute approximate surface area is 176 Å². The maximum atomic E-state index is 5.64. The minimum Gasteiger partial charge on any atom is -0.494 e. The molecule has 0 saturated heterocycles. The molecule has 1 N–H and O–H groups in total. The first kappa shape index (κ1) is 18.5. The molecule has 1 atom stereocenters. The number of anilines is 1. The second-order valence-corrected chi connectivity index (χ2v) is 7.75. The summed E-state index contributed by atoms with van der Waals surface area (Å²) in [5, 5.41) is 3.57. The Hall–Kier alpha value is -3.53. The Bertz CT molecular complexity index is 1250. The maximum absolute atomic E-state index is 5.64. The molecule has 4 aromatic rings. The highest BCUT2D eigenvalue weighted by Crippen LogP contribution is 2.37. The van der Waals surface area contributed by atoms with Gasteiger partial charge in [0.1, 0.15) is 5.75 Å². The number of aryl methyl sites for hydroxylation is 2. The normalized spacial score (nSPS) is 15.4. The maximum Gasteiger partial charge on any atom is 0.209 e. The third kappa shape index (κ3) is 3.14. The van der Waals surface area contributed by atoms with Crippen molar-refractivity contribution >= 4 is 22.7 Å². The molecule has 1 aliphatic heterocycles. The van der Waals surface area contributed by atoms with E-state index in [1.807, 2.05) is 25.1 Å². The van der Waals surface area contributed by atoms with Crippen LogP contribution in [0.25, 0.3) is 16.7 Å². The standard InChI is InChI=1S/C26H25N3O/c1-4-30-21-13-11-19(12-14-21)25-16-23(20-10-9-17(2)18(3)15-20)28-26-27-22-7-5-6-8-24(22)29(25)26/h5-16,25H,4H2,1-3H3,(H,27,28)/t25-/m1/s1. The third-order valence-corrected chi connectivity index (χ3v) is 5.80. The van der Waals surface area contributed by atoms with Crippen molar-refractivity contribution in [3.05, 3.63) is 95.1 Å². The molecule has 0 fully saturated rings. The van der Waals surface area contributed by atoms with Crippen molar-refractivity contribution in [2.45, 2.75) is 26.8 Å². The summed E-state index contributed by atoms with van der Waals surface area (Å²) < 4.78 is 7.91. The molecule has 4 nitrogen and oxygen atoms in total. The fraction of sp³-hybridized carbons (Fsp3) is 0.192. The average Bonchev–Trinajstić information content (AvgIpc) is 3.14. The molecule has 0 saturated carbocycles. The van der Waals surface area contributed by atoms with E-state index in [9.17, 15) is 0 Å². The highest BCUT2D eigenvalue weighted by Gasteiger charge is 2.25. The molecule has 1 aromatic heterocycles. The SMILES string of the molecule is CCOc1ccc([C@H]2C=C(c3ccc(C)c(C)c3)Nc3nc4ccccc4n32)cc1. The van der Waals surface area contributed by atoms with Crippen molar-refractivity contribution in [3.63, 3.8) is 0 Å². The van der Waals surface area contributed by atoms with Crippen LogP contribution in [-0.4, -0.2) is 16.2 Å². The summed E-state index contributed by atoms with van der Waals surface area (Å²) in [6, 6.07) is 23.3. The first-order chi connectivity index (χ1) is 14.6. The zero-order valence-electron chi connectivity index (χ0n) is 17.5. The molecule has 0 radical (unpaired) electrons. The van der Waals surface area contributed by atoms with E-state index >= 15 is 0 Å². The van der Waals surface area contributed by atoms with Crippen molar-refractivity contribution in [1.29, 1.82) is 0 Å². The summed E-state index contributed by atoms with van der Waals surface area (Å²) >= 11 is 0. The lowest BCUT2D eigenvalue weighted by Gasteiger charge is -2.27. The van der Waals surface area contributed by atoms with Gasteiger partial charge in [-0.3, -0.25) is 4.57 Å². The van der Waals surface area contributed by atoms with Crippen molar-refractivity contribution in [2.24, 2.45) is 0 Å². The number of rotatable bonds is 4. The van der Waals surface area contributed by atoms with Crippen molar-refractivity contribution in [2.75, 3.05) is 11.9 Å². The van der Waals surface area contributed by atoms with Crippen LogP contribution in [0.4, 0.5) is 5.95 Å². The van der Waals surface area contributed by atoms with Crippen LogP contribution in [0.15, 0.2) is 72.8 Å². The third-order valence-electron chi connectivity index (χ3n) is 5.80. The van der Waals surface area contributed by atoms with Crippen LogP contribution >= 0.6 is 0 Å². The van der Waals surface area contributed by atoms with E-state index < -0.39 is 0 Å². The van der Waals surface area contributed by atoms with Crippen LogP contribution in [0.2, 0.25) is 0 Å². The molecular weight excluding hydrogens is 370 g/mol. The molecule has 5 rings (SSSR count). The topological polar surface area (TPSA) is 39.1 Å². The predicted octanol–water partition coefficient (Wildman–Crippen LogP) is 6.11. The summed E-state index contributed by atoms with van der Waals surface area (Å²) in [5.74, 6) is 1.76. The van der Waals surface area contributed by atoms with Crippen LogP contribution in [0.5, 0.6) is 5.75 Å². The van der Waals surface area contributed by atoms with Gasteiger partial charge in [0.15, 0.2) is 0 Å². The zero-order chi connectivity index (χ0) is 20.7. The molecule has 30 heavy (non-hydrogen) atoms. The van der Waals surface area contributed by atoms with Gasteiger partial charge < -0.3 is 10.1 Å². The van der Waals surface area contributed by atoms with Crippen molar-refractivity contribution in [3.8, 4) is 5.75 Å². The Balaban J connectivity index is 1.66. The molecule has 0 amide bonds. The van der Waals surface area contributed by atoms with E-state index in [1.54, 1.807) is 0 Å². The number of imidazole rings is 1. The van der Waals surface area contributed by atoms with Gasteiger partial charge in [0.2, 0.25) is 5.95 Å². The van der Waals surface area contributed by atoms with E-state index in [1.165, 1.54) is 22.3 Å². The fourth-order valence-electron chi connectivity index (χ4n) is 4.06. The number of aromatic nitrogens is 2. The molecule has 0 bridgehead atoms. The lowest BCUT2D eigenvalue weighted by atomic mass is 9.99. The quantitative estimate of drug-likeness (QED) is 0.453. The molecule has 1 aliphatic rings. The van der Waals surface area contributed by atoms with Gasteiger partial charge in [0.05, 0.1) is 23.7 Å². The van der Waals surface area contributed by atoms with Crippen molar-refractivity contribution in [1.82, 2.24) is 9.55 Å². The molecule has 0 aliphatic carbocycles. The Morgan fingerprint density at radius 3 is 2.53 bits per heavy atom. The summed E-state index contributed by atoms with van der Waals surface area (Å²) in [6.07, 6.45) is 2.29. The van der Waals surface area contributed by atoms with Crippen LogP contribution in [-0.2, 0) is 0 Å². The van der Waals surface area contributed by atoms with Gasteiger partial charge in [-0.1, -0.05) is 36.4 Å². The van der Waals surface area contributed by atoms with E-state index in [0.717, 1.165) is 28.4 Å². The van der Waals surface area contributed by atoms with E-state index in [-0.39, 0.29) is 6.04 Å². The molecule has 2 heterocycles. The second kappa shape index (κ2) is 7.38. The first-order valence-electron chi connectivity index (χ1n) is 10.4. The molecule has 150 valence electrons. The molecule has 3 aromatic carbocycles. The number of nitrogens with one attached hydrogen (secondary N) is 1. The summed E-state index contributed by atoms with van der Waals surface area (Å²) in [5.41, 5.74) is 8.15. The highest BCUT2D eigenvalue weighted by molar-refractivity contribution is 5.85. The number of benzene rings is 3. The number of hydrogen-bond acceptors (Lipinski definition) is 3. The van der Waals surface area contributed by atoms with Gasteiger partial charge >= 0.3 is 0 Å². The average molecular weight is 396 g/mol. The smallest absolute Gasteiger partial charge is 0.209 e. The minimum absolute atomic E-state index is 0.0425. The van der Waals surface area contributed by atoms with Gasteiger partial charge in [-0.25, -0.2) is 4.98 Å². The van der Waals surface area contributed by atoms with Crippen LogP contribution in [0.3, 0.4) is 0 Å². The monoisotopic (exact) mass is 395 g/mol. The number of para-hydroxylation sites is 2. The number of fused-ring (bicyclic) bond motifs is 3. The Morgan fingerprint density at radius 2 is 1.77 bits per heavy atom. The van der Waals surface area contributed by atoms with E-state index in [4.69, 9.17) is 9.72 Å². The number of nitrogens with zero attached hydrogens (tertiary/aromatic N) is 2. The minimum atomic E-state index is 0.0425. The van der Waals surface area contributed by atoms with Crippen LogP contribution in [0.1, 0.15) is 35.2 Å². The Morgan fingerprint density at radius 1 is 0.967 bits per heavy atom. The lowest BCUT2D eigenvalue weighted by molar-refractivity contribution is 0.340. The number of allylic oxidation sites excluding steroid dienone is 1. The van der Waals surface area contributed by atoms with Gasteiger partial charge in [0.25, 0.3) is 0 Å². The Kier molecular flexibility index (Phi) is 4.55. The van der Waals surface area contributed by atoms with Gasteiger partial charge in [0, 0.05) is 5.70 Å². The summed E-state index contributed by atoms with van der Waals surface area (Å²) in [4.78, 5) is 4.88. The summed E-state index contributed by atoms with van der Waals surface area (Å²) in [7, 11) is 0. The zero-order valence-corrected chi connectivity index (χ0v) is 17.5. The lowest BCUT2D eigenvalue weighted by Crippen LogP contribution is -2.19. The molecular formula is C26H25N3O. The molecule has 0 spiro atoms. The number of hydrogen-bond donors (Lipinski definition) is 1. The fourth-order valence-corrected chi connectivity index (χ4v) is 4.06. The molecule has 4 heteroatoms. The first-order valence-corrected chi connectivity index (χ1v) is 10.4. The van der Waals surface area contributed by atoms with Gasteiger partial charge in [-0.2, -0.15) is 0 Å². The van der Waals surface area contributed by atoms with Gasteiger partial charge in [-0.05, 0) is 79.4 Å². The van der Waals surface area contributed by atoms with Crippen molar-refractivity contribution < 1.29 is 4.74 Å². The summed E-state index contributed by atoms with van der Waals surface area (Å²) in [6.45, 7) is 6.97. The van der Waals surface area contributed by atoms with Crippen LogP contribution < -0.4 is 10.1 Å². The highest BCUT2D eigenvalue weighted by atomic mass is 16.5. The van der Waals surface area contributed by atoms with E-state index in [0.29, 0.717) is 6.61 Å². The van der Waals surface area contributed by atoms with Gasteiger partial charge in [-0.15, -0.1) is 0 Å². The number of ether oxygens (including phenoxy) is 1. The second-order valence-electron chi connectivity index (χ2n) is 7.75. The molecule has 0 unspecified atom stereocenters. The van der Waals surface area contributed by atoms with E-state index in [2.05, 4.69) is 78.3 Å². The van der Waals surface area contributed by atoms with Crippen LogP contribution in [0, 0.1) is 13.8 Å².